The second kappa shape index (κ2) is 10.1. The molecule has 0 radical (unpaired) electrons. The monoisotopic (exact) mass is 385 g/mol. The minimum absolute atomic E-state index is 0.386. The molecular formula is C28H35N. The average molecular weight is 386 g/mol. The van der Waals surface area contributed by atoms with E-state index in [4.69, 9.17) is 0 Å². The molecule has 0 amide bonds. The van der Waals surface area contributed by atoms with Gasteiger partial charge in [0.25, 0.3) is 0 Å². The van der Waals surface area contributed by atoms with Crippen LogP contribution in [0.1, 0.15) is 92.6 Å². The SMILES string of the molecule is CCCCCCCCCCN(C1C=Cc2ccccc21)C1C=Cc2ccccc21. The van der Waals surface area contributed by atoms with Crippen LogP contribution in [0.2, 0.25) is 0 Å². The molecule has 152 valence electrons. The van der Waals surface area contributed by atoms with E-state index in [2.05, 4.69) is 84.7 Å². The minimum atomic E-state index is 0.386. The maximum atomic E-state index is 2.72. The van der Waals surface area contributed by atoms with Crippen LogP contribution in [0.4, 0.5) is 0 Å². The Bertz CT molecular complexity index is 785. The highest BCUT2D eigenvalue weighted by molar-refractivity contribution is 5.64. The lowest BCUT2D eigenvalue weighted by Crippen LogP contribution is -2.31. The Kier molecular flexibility index (Phi) is 7.00. The van der Waals surface area contributed by atoms with Gasteiger partial charge < -0.3 is 0 Å². The summed E-state index contributed by atoms with van der Waals surface area (Å²) in [4.78, 5) is 2.72. The molecule has 2 aliphatic rings. The maximum Gasteiger partial charge on any atom is 0.0549 e. The number of nitrogens with zero attached hydrogens (tertiary/aromatic N) is 1. The van der Waals surface area contributed by atoms with Gasteiger partial charge in [-0.1, -0.05) is 125 Å². The van der Waals surface area contributed by atoms with Crippen LogP contribution in [0.3, 0.4) is 0 Å². The first kappa shape index (κ1) is 20.2. The summed E-state index contributed by atoms with van der Waals surface area (Å²) in [6.07, 6.45) is 20.4. The van der Waals surface area contributed by atoms with E-state index < -0.39 is 0 Å². The topological polar surface area (TPSA) is 3.24 Å². The molecule has 0 N–H and O–H groups in total. The van der Waals surface area contributed by atoms with Gasteiger partial charge in [-0.15, -0.1) is 0 Å². The third-order valence-electron chi connectivity index (χ3n) is 6.53. The lowest BCUT2D eigenvalue weighted by atomic mass is 9.99. The normalized spacial score (nSPS) is 19.1. The zero-order chi connectivity index (χ0) is 19.9. The standard InChI is InChI=1S/C28H35N/c1-2-3-4-5-6-7-8-13-22-29(27-20-18-23-14-9-11-16-25(23)27)28-21-19-24-15-10-12-17-26(24)28/h9-12,14-21,27-28H,2-8,13,22H2,1H3. The minimum Gasteiger partial charge on any atom is -0.282 e. The third kappa shape index (κ3) is 4.73. The van der Waals surface area contributed by atoms with E-state index in [0.29, 0.717) is 12.1 Å². The number of unbranched alkanes of at least 4 members (excludes halogenated alkanes) is 7. The van der Waals surface area contributed by atoms with Crippen molar-refractivity contribution in [3.05, 3.63) is 82.9 Å². The van der Waals surface area contributed by atoms with Crippen molar-refractivity contribution in [1.82, 2.24) is 4.90 Å². The van der Waals surface area contributed by atoms with Gasteiger partial charge in [0.15, 0.2) is 0 Å². The second-order valence-corrected chi connectivity index (χ2v) is 8.58. The van der Waals surface area contributed by atoms with Crippen molar-refractivity contribution in [2.75, 3.05) is 6.54 Å². The van der Waals surface area contributed by atoms with E-state index in [0.717, 1.165) is 6.54 Å². The molecule has 2 unspecified atom stereocenters. The van der Waals surface area contributed by atoms with Crippen LogP contribution in [0, 0.1) is 0 Å². The molecule has 2 aromatic rings. The molecular weight excluding hydrogens is 350 g/mol. The zero-order valence-electron chi connectivity index (χ0n) is 17.9. The van der Waals surface area contributed by atoms with E-state index in [9.17, 15) is 0 Å². The summed E-state index contributed by atoms with van der Waals surface area (Å²) in [5, 5.41) is 0. The molecule has 2 aliphatic carbocycles. The Balaban J connectivity index is 1.42. The van der Waals surface area contributed by atoms with Crippen LogP contribution in [-0.4, -0.2) is 11.4 Å². The summed E-state index contributed by atoms with van der Waals surface area (Å²) in [6, 6.07) is 18.6. The number of fused-ring (bicyclic) bond motifs is 2. The van der Waals surface area contributed by atoms with Gasteiger partial charge in [0.05, 0.1) is 12.1 Å². The fourth-order valence-electron chi connectivity index (χ4n) is 4.92. The highest BCUT2D eigenvalue weighted by Crippen LogP contribution is 2.41. The van der Waals surface area contributed by atoms with Gasteiger partial charge in [0, 0.05) is 0 Å². The Hall–Kier alpha value is -2.12. The van der Waals surface area contributed by atoms with E-state index >= 15 is 0 Å². The summed E-state index contributed by atoms with van der Waals surface area (Å²) in [6.45, 7) is 3.45. The molecule has 0 saturated carbocycles. The zero-order valence-corrected chi connectivity index (χ0v) is 17.9. The molecule has 1 heteroatoms. The lowest BCUT2D eigenvalue weighted by Gasteiger charge is -2.34. The van der Waals surface area contributed by atoms with Crippen LogP contribution < -0.4 is 0 Å². The fourth-order valence-corrected chi connectivity index (χ4v) is 4.92. The predicted molar refractivity (Wildman–Crippen MR) is 126 cm³/mol. The van der Waals surface area contributed by atoms with Crippen LogP contribution in [0.15, 0.2) is 60.7 Å². The van der Waals surface area contributed by atoms with E-state index in [1.165, 1.54) is 73.6 Å². The largest absolute Gasteiger partial charge is 0.282 e. The van der Waals surface area contributed by atoms with E-state index in [1.54, 1.807) is 0 Å². The third-order valence-corrected chi connectivity index (χ3v) is 6.53. The smallest absolute Gasteiger partial charge is 0.0549 e. The molecule has 0 saturated heterocycles. The van der Waals surface area contributed by atoms with Crippen LogP contribution in [-0.2, 0) is 0 Å². The summed E-state index contributed by atoms with van der Waals surface area (Å²) >= 11 is 0. The molecule has 0 heterocycles. The van der Waals surface area contributed by atoms with Crippen molar-refractivity contribution < 1.29 is 0 Å². The fraction of sp³-hybridized carbons (Fsp3) is 0.429. The lowest BCUT2D eigenvalue weighted by molar-refractivity contribution is 0.189. The Morgan fingerprint density at radius 3 is 1.66 bits per heavy atom. The molecule has 0 fully saturated rings. The molecule has 1 nitrogen and oxygen atoms in total. The molecule has 2 atom stereocenters. The Morgan fingerprint density at radius 1 is 0.621 bits per heavy atom. The highest BCUT2D eigenvalue weighted by Gasteiger charge is 2.31. The van der Waals surface area contributed by atoms with Gasteiger partial charge in [0.1, 0.15) is 0 Å². The predicted octanol–water partition coefficient (Wildman–Crippen LogP) is 7.97. The van der Waals surface area contributed by atoms with Crippen molar-refractivity contribution >= 4 is 12.2 Å². The van der Waals surface area contributed by atoms with Crippen molar-refractivity contribution in [3.8, 4) is 0 Å². The van der Waals surface area contributed by atoms with Crippen LogP contribution >= 0.6 is 0 Å². The number of hydrogen-bond donors (Lipinski definition) is 0. The maximum absolute atomic E-state index is 2.72. The molecule has 0 spiro atoms. The van der Waals surface area contributed by atoms with Gasteiger partial charge >= 0.3 is 0 Å². The van der Waals surface area contributed by atoms with Crippen molar-refractivity contribution in [2.45, 2.75) is 70.4 Å². The van der Waals surface area contributed by atoms with Crippen LogP contribution in [0.5, 0.6) is 0 Å². The van der Waals surface area contributed by atoms with Gasteiger partial charge in [-0.25, -0.2) is 0 Å². The molecule has 0 bridgehead atoms. The Labute approximate surface area is 177 Å². The quantitative estimate of drug-likeness (QED) is 0.354. The van der Waals surface area contributed by atoms with Gasteiger partial charge in [-0.3, -0.25) is 4.90 Å². The first-order chi connectivity index (χ1) is 14.4. The van der Waals surface area contributed by atoms with Crippen LogP contribution in [0.25, 0.3) is 12.2 Å². The van der Waals surface area contributed by atoms with Crippen molar-refractivity contribution in [2.24, 2.45) is 0 Å². The number of benzene rings is 2. The first-order valence-corrected chi connectivity index (χ1v) is 11.7. The van der Waals surface area contributed by atoms with E-state index in [1.807, 2.05) is 0 Å². The summed E-state index contributed by atoms with van der Waals surface area (Å²) in [5.41, 5.74) is 5.69. The summed E-state index contributed by atoms with van der Waals surface area (Å²) < 4.78 is 0. The molecule has 4 rings (SSSR count). The van der Waals surface area contributed by atoms with Crippen molar-refractivity contribution in [3.63, 3.8) is 0 Å². The summed E-state index contributed by atoms with van der Waals surface area (Å²) in [7, 11) is 0. The highest BCUT2D eigenvalue weighted by atomic mass is 15.2. The van der Waals surface area contributed by atoms with Gasteiger partial charge in [-0.2, -0.15) is 0 Å². The second-order valence-electron chi connectivity index (χ2n) is 8.58. The summed E-state index contributed by atoms with van der Waals surface area (Å²) in [5.74, 6) is 0. The van der Waals surface area contributed by atoms with Gasteiger partial charge in [0.2, 0.25) is 0 Å². The average Bonchev–Trinajstić information content (AvgIpc) is 3.38. The Morgan fingerprint density at radius 2 is 1.10 bits per heavy atom. The first-order valence-electron chi connectivity index (χ1n) is 11.7. The molecule has 0 aliphatic heterocycles. The van der Waals surface area contributed by atoms with Gasteiger partial charge in [-0.05, 0) is 35.2 Å². The van der Waals surface area contributed by atoms with Crippen molar-refractivity contribution in [1.29, 1.82) is 0 Å². The number of hydrogen-bond acceptors (Lipinski definition) is 1. The van der Waals surface area contributed by atoms with E-state index in [-0.39, 0.29) is 0 Å². The molecule has 0 aromatic heterocycles. The molecule has 29 heavy (non-hydrogen) atoms. The number of rotatable bonds is 11. The molecule has 2 aromatic carbocycles.